The zero-order chi connectivity index (χ0) is 7.40. The van der Waals surface area contributed by atoms with Crippen LogP contribution in [-0.4, -0.2) is 24.0 Å². The molecule has 0 aromatic carbocycles. The van der Waals surface area contributed by atoms with Crippen LogP contribution in [0.4, 0.5) is 0 Å². The molecule has 0 aliphatic carbocycles. The molecule has 0 spiro atoms. The Kier molecular flexibility index (Phi) is 2.40. The minimum atomic E-state index is 0.935. The molecule has 10 heavy (non-hydrogen) atoms. The summed E-state index contributed by atoms with van der Waals surface area (Å²) in [5.41, 5.74) is 1.20. The lowest BCUT2D eigenvalue weighted by atomic mass is 10.3. The van der Waals surface area contributed by atoms with Gasteiger partial charge < -0.3 is 4.90 Å². The van der Waals surface area contributed by atoms with Gasteiger partial charge in [-0.25, -0.2) is 0 Å². The summed E-state index contributed by atoms with van der Waals surface area (Å²) in [5, 5.41) is 0. The quantitative estimate of drug-likeness (QED) is 0.600. The normalized spacial score (nSPS) is 10.3. The number of aromatic nitrogens is 1. The largest absolute Gasteiger partial charge is 0.305 e. The third kappa shape index (κ3) is 2.15. The fourth-order valence-electron chi connectivity index (χ4n) is 0.809. The molecule has 0 saturated heterocycles. The van der Waals surface area contributed by atoms with E-state index in [4.69, 9.17) is 0 Å². The van der Waals surface area contributed by atoms with Gasteiger partial charge in [0.15, 0.2) is 0 Å². The van der Waals surface area contributed by atoms with Gasteiger partial charge in [0.1, 0.15) is 0 Å². The average Bonchev–Trinajstić information content (AvgIpc) is 1.88. The van der Waals surface area contributed by atoms with Crippen LogP contribution in [0, 0.1) is 6.07 Å². The van der Waals surface area contributed by atoms with Crippen molar-refractivity contribution in [1.82, 2.24) is 9.88 Å². The summed E-state index contributed by atoms with van der Waals surface area (Å²) in [7, 11) is 4.07. The van der Waals surface area contributed by atoms with E-state index in [0.29, 0.717) is 0 Å². The van der Waals surface area contributed by atoms with Crippen LogP contribution in [0.15, 0.2) is 18.5 Å². The summed E-state index contributed by atoms with van der Waals surface area (Å²) in [5.74, 6) is 0. The molecule has 0 fully saturated rings. The van der Waals surface area contributed by atoms with Crippen LogP contribution in [0.5, 0.6) is 0 Å². The predicted molar refractivity (Wildman–Crippen MR) is 40.5 cm³/mol. The molecule has 0 saturated carbocycles. The predicted octanol–water partition coefficient (Wildman–Crippen LogP) is 0.943. The Labute approximate surface area is 61.5 Å². The average molecular weight is 135 g/mol. The van der Waals surface area contributed by atoms with E-state index in [1.165, 1.54) is 5.56 Å². The number of pyridine rings is 1. The van der Waals surface area contributed by atoms with Gasteiger partial charge in [-0.3, -0.25) is 4.98 Å². The summed E-state index contributed by atoms with van der Waals surface area (Å²) in [6, 6.07) is 4.88. The molecule has 0 atom stereocenters. The van der Waals surface area contributed by atoms with Crippen LogP contribution in [-0.2, 0) is 6.54 Å². The summed E-state index contributed by atoms with van der Waals surface area (Å²) in [6.07, 6.45) is 3.52. The zero-order valence-corrected chi connectivity index (χ0v) is 6.33. The maximum Gasteiger partial charge on any atom is 0.0347 e. The first kappa shape index (κ1) is 7.22. The fraction of sp³-hybridized carbons (Fsp3) is 0.375. The van der Waals surface area contributed by atoms with E-state index in [2.05, 4.69) is 16.0 Å². The van der Waals surface area contributed by atoms with E-state index < -0.39 is 0 Å². The maximum atomic E-state index is 3.96. The van der Waals surface area contributed by atoms with Gasteiger partial charge in [0.25, 0.3) is 0 Å². The van der Waals surface area contributed by atoms with E-state index >= 15 is 0 Å². The van der Waals surface area contributed by atoms with E-state index in [1.54, 1.807) is 6.20 Å². The highest BCUT2D eigenvalue weighted by Crippen LogP contribution is 1.96. The second-order valence-corrected chi connectivity index (χ2v) is 2.53. The first-order chi connectivity index (χ1) is 4.79. The molecule has 1 rings (SSSR count). The van der Waals surface area contributed by atoms with Crippen molar-refractivity contribution in [1.29, 1.82) is 0 Å². The van der Waals surface area contributed by atoms with Crippen LogP contribution in [0.1, 0.15) is 5.56 Å². The Balaban J connectivity index is 2.59. The maximum absolute atomic E-state index is 3.96. The van der Waals surface area contributed by atoms with Crippen molar-refractivity contribution in [3.8, 4) is 0 Å². The number of nitrogens with zero attached hydrogens (tertiary/aromatic N) is 2. The minimum Gasteiger partial charge on any atom is -0.305 e. The van der Waals surface area contributed by atoms with Crippen molar-refractivity contribution in [2.24, 2.45) is 0 Å². The van der Waals surface area contributed by atoms with Crippen LogP contribution in [0.3, 0.4) is 0 Å². The van der Waals surface area contributed by atoms with Gasteiger partial charge in [-0.1, -0.05) is 0 Å². The Bertz CT molecular complexity index is 182. The fourth-order valence-corrected chi connectivity index (χ4v) is 0.809. The lowest BCUT2D eigenvalue weighted by Crippen LogP contribution is -2.10. The Morgan fingerprint density at radius 1 is 1.60 bits per heavy atom. The Morgan fingerprint density at radius 2 is 2.40 bits per heavy atom. The summed E-state index contributed by atoms with van der Waals surface area (Å²) < 4.78 is 0. The number of rotatable bonds is 2. The monoisotopic (exact) mass is 135 g/mol. The molecule has 1 aromatic rings. The Hall–Kier alpha value is -0.890. The molecule has 2 heteroatoms. The summed E-state index contributed by atoms with van der Waals surface area (Å²) >= 11 is 0. The van der Waals surface area contributed by atoms with Crippen LogP contribution >= 0.6 is 0 Å². The van der Waals surface area contributed by atoms with E-state index in [9.17, 15) is 0 Å². The molecular formula is C8H11N2. The van der Waals surface area contributed by atoms with Crippen molar-refractivity contribution < 1.29 is 0 Å². The first-order valence-corrected chi connectivity index (χ1v) is 3.24. The van der Waals surface area contributed by atoms with Crippen molar-refractivity contribution in [2.45, 2.75) is 6.54 Å². The van der Waals surface area contributed by atoms with E-state index in [1.807, 2.05) is 26.4 Å². The summed E-state index contributed by atoms with van der Waals surface area (Å²) in [6.45, 7) is 0.935. The van der Waals surface area contributed by atoms with Gasteiger partial charge in [0, 0.05) is 25.0 Å². The van der Waals surface area contributed by atoms with Gasteiger partial charge >= 0.3 is 0 Å². The van der Waals surface area contributed by atoms with E-state index in [-0.39, 0.29) is 0 Å². The molecule has 0 unspecified atom stereocenters. The number of hydrogen-bond acceptors (Lipinski definition) is 2. The molecular weight excluding hydrogens is 124 g/mol. The lowest BCUT2D eigenvalue weighted by molar-refractivity contribution is 0.402. The number of hydrogen-bond donors (Lipinski definition) is 0. The topological polar surface area (TPSA) is 16.1 Å². The molecule has 0 aliphatic rings. The Morgan fingerprint density at radius 3 is 2.90 bits per heavy atom. The van der Waals surface area contributed by atoms with Gasteiger partial charge in [0.2, 0.25) is 0 Å². The van der Waals surface area contributed by atoms with Gasteiger partial charge in [-0.05, 0) is 25.7 Å². The molecule has 2 nitrogen and oxygen atoms in total. The van der Waals surface area contributed by atoms with Crippen LogP contribution < -0.4 is 0 Å². The highest BCUT2D eigenvalue weighted by Gasteiger charge is 1.91. The smallest absolute Gasteiger partial charge is 0.0347 e. The second-order valence-electron chi connectivity index (χ2n) is 2.53. The van der Waals surface area contributed by atoms with E-state index in [0.717, 1.165) is 6.54 Å². The third-order valence-corrected chi connectivity index (χ3v) is 1.16. The van der Waals surface area contributed by atoms with Crippen molar-refractivity contribution in [2.75, 3.05) is 14.1 Å². The van der Waals surface area contributed by atoms with Gasteiger partial charge in [0.05, 0.1) is 0 Å². The van der Waals surface area contributed by atoms with Crippen molar-refractivity contribution >= 4 is 0 Å². The lowest BCUT2D eigenvalue weighted by Gasteiger charge is -2.07. The molecule has 0 aliphatic heterocycles. The first-order valence-electron chi connectivity index (χ1n) is 3.24. The third-order valence-electron chi connectivity index (χ3n) is 1.16. The standard InChI is InChI=1S/C8H11N2/c1-10(2)7-8-4-3-5-9-6-8/h4-6H,7H2,1-2H3. The molecule has 0 bridgehead atoms. The van der Waals surface area contributed by atoms with Crippen LogP contribution in [0.25, 0.3) is 0 Å². The van der Waals surface area contributed by atoms with Crippen molar-refractivity contribution in [3.63, 3.8) is 0 Å². The van der Waals surface area contributed by atoms with Gasteiger partial charge in [-0.2, -0.15) is 0 Å². The molecule has 1 radical (unpaired) electrons. The molecule has 0 amide bonds. The summed E-state index contributed by atoms with van der Waals surface area (Å²) in [4.78, 5) is 6.06. The minimum absolute atomic E-state index is 0.935. The highest BCUT2D eigenvalue weighted by molar-refractivity contribution is 5.06. The van der Waals surface area contributed by atoms with Crippen LogP contribution in [0.2, 0.25) is 0 Å². The van der Waals surface area contributed by atoms with Crippen molar-refractivity contribution in [3.05, 3.63) is 30.1 Å². The molecule has 53 valence electrons. The second kappa shape index (κ2) is 3.32. The molecule has 1 heterocycles. The molecule has 1 aromatic heterocycles. The van der Waals surface area contributed by atoms with Gasteiger partial charge in [-0.15, -0.1) is 0 Å². The highest BCUT2D eigenvalue weighted by atomic mass is 15.0. The SMILES string of the molecule is CN(C)Cc1c[c]cnc1. The zero-order valence-electron chi connectivity index (χ0n) is 6.33. The molecule has 0 N–H and O–H groups in total.